The fraction of sp³-hybridized carbons (Fsp3) is 0.200. The molecule has 8 nitrogen and oxygen atoms in total. The first-order chi connectivity index (χ1) is 16.5. The van der Waals surface area contributed by atoms with E-state index in [1.165, 1.54) is 26.0 Å². The van der Waals surface area contributed by atoms with Crippen molar-refractivity contribution < 1.29 is 28.5 Å². The average Bonchev–Trinajstić information content (AvgIpc) is 3.31. The molecule has 2 N–H and O–H groups in total. The topological polar surface area (TPSA) is 95.1 Å². The zero-order chi connectivity index (χ0) is 24.1. The largest absolute Gasteiger partial charge is 0.496 e. The van der Waals surface area contributed by atoms with E-state index < -0.39 is 0 Å². The normalized spacial score (nSPS) is 12.6. The van der Waals surface area contributed by atoms with Gasteiger partial charge in [-0.2, -0.15) is 0 Å². The van der Waals surface area contributed by atoms with Gasteiger partial charge in [0.1, 0.15) is 17.1 Å². The standard InChI is InChI=1S/C25H24N2O6S/c1-15(24(28)26-17-10-11-19-22(13-17)33-14-32-19)34-18-7-4-6-16(12-18)27-25(29)23-20(30-2)8-5-9-21(23)31-3/h4-13,15H,14H2,1-3H3,(H,26,28)(H,27,29). The molecule has 1 aliphatic rings. The van der Waals surface area contributed by atoms with Crippen LogP contribution in [0.2, 0.25) is 0 Å². The van der Waals surface area contributed by atoms with E-state index in [0.717, 1.165) is 4.90 Å². The minimum Gasteiger partial charge on any atom is -0.496 e. The van der Waals surface area contributed by atoms with E-state index in [0.29, 0.717) is 39.9 Å². The van der Waals surface area contributed by atoms with Crippen molar-refractivity contribution in [2.75, 3.05) is 31.6 Å². The average molecular weight is 481 g/mol. The van der Waals surface area contributed by atoms with Gasteiger partial charge in [-0.15, -0.1) is 11.8 Å². The van der Waals surface area contributed by atoms with Crippen LogP contribution in [0.5, 0.6) is 23.0 Å². The SMILES string of the molecule is COc1cccc(OC)c1C(=O)Nc1cccc(SC(C)C(=O)Nc2ccc3c(c2)OCO3)c1. The number of fused-ring (bicyclic) bond motifs is 1. The third-order valence-corrected chi connectivity index (χ3v) is 6.16. The molecule has 0 saturated carbocycles. The molecule has 1 unspecified atom stereocenters. The smallest absolute Gasteiger partial charge is 0.263 e. The highest BCUT2D eigenvalue weighted by Gasteiger charge is 2.20. The first kappa shape index (κ1) is 23.3. The Morgan fingerprint density at radius 3 is 2.29 bits per heavy atom. The van der Waals surface area contributed by atoms with Crippen LogP contribution in [0, 0.1) is 0 Å². The number of hydrogen-bond donors (Lipinski definition) is 2. The lowest BCUT2D eigenvalue weighted by atomic mass is 10.1. The Labute approximate surface area is 201 Å². The first-order valence-electron chi connectivity index (χ1n) is 10.5. The number of nitrogens with one attached hydrogen (secondary N) is 2. The number of carbonyl (C=O) groups excluding carboxylic acids is 2. The van der Waals surface area contributed by atoms with Crippen molar-refractivity contribution in [3.05, 3.63) is 66.2 Å². The summed E-state index contributed by atoms with van der Waals surface area (Å²) < 4.78 is 21.3. The van der Waals surface area contributed by atoms with E-state index in [4.69, 9.17) is 18.9 Å². The van der Waals surface area contributed by atoms with E-state index >= 15 is 0 Å². The lowest BCUT2D eigenvalue weighted by Crippen LogP contribution is -2.22. The van der Waals surface area contributed by atoms with Gasteiger partial charge in [0.25, 0.3) is 5.91 Å². The van der Waals surface area contributed by atoms with Gasteiger partial charge in [-0.05, 0) is 49.4 Å². The van der Waals surface area contributed by atoms with Crippen molar-refractivity contribution in [1.29, 1.82) is 0 Å². The Kier molecular flexibility index (Phi) is 7.12. The summed E-state index contributed by atoms with van der Waals surface area (Å²) in [6.45, 7) is 1.99. The van der Waals surface area contributed by atoms with Gasteiger partial charge in [0, 0.05) is 22.3 Å². The summed E-state index contributed by atoms with van der Waals surface area (Å²) in [7, 11) is 3.00. The lowest BCUT2D eigenvalue weighted by molar-refractivity contribution is -0.115. The maximum atomic E-state index is 12.9. The Morgan fingerprint density at radius 2 is 1.56 bits per heavy atom. The van der Waals surface area contributed by atoms with E-state index in [2.05, 4.69) is 10.6 Å². The van der Waals surface area contributed by atoms with Crippen LogP contribution in [0.1, 0.15) is 17.3 Å². The molecule has 3 aromatic carbocycles. The molecule has 1 aliphatic heterocycles. The van der Waals surface area contributed by atoms with Crippen LogP contribution in [0.3, 0.4) is 0 Å². The number of benzene rings is 3. The van der Waals surface area contributed by atoms with E-state index in [9.17, 15) is 9.59 Å². The van der Waals surface area contributed by atoms with Gasteiger partial charge < -0.3 is 29.6 Å². The van der Waals surface area contributed by atoms with Crippen LogP contribution >= 0.6 is 11.8 Å². The van der Waals surface area contributed by atoms with Crippen LogP contribution in [0.15, 0.2) is 65.6 Å². The van der Waals surface area contributed by atoms with Gasteiger partial charge >= 0.3 is 0 Å². The first-order valence-corrected chi connectivity index (χ1v) is 11.4. The highest BCUT2D eigenvalue weighted by Crippen LogP contribution is 2.35. The maximum Gasteiger partial charge on any atom is 0.263 e. The zero-order valence-corrected chi connectivity index (χ0v) is 19.7. The molecule has 0 spiro atoms. The molecule has 0 fully saturated rings. The Morgan fingerprint density at radius 1 is 0.882 bits per heavy atom. The number of methoxy groups -OCH3 is 2. The molecule has 0 bridgehead atoms. The second-order valence-electron chi connectivity index (χ2n) is 7.34. The number of amides is 2. The molecular formula is C25H24N2O6S. The van der Waals surface area contributed by atoms with Crippen LogP contribution < -0.4 is 29.6 Å². The minimum absolute atomic E-state index is 0.155. The molecule has 0 radical (unpaired) electrons. The summed E-state index contributed by atoms with van der Waals surface area (Å²) in [5, 5.41) is 5.38. The fourth-order valence-electron chi connectivity index (χ4n) is 3.39. The van der Waals surface area contributed by atoms with Crippen LogP contribution in [-0.4, -0.2) is 38.1 Å². The maximum absolute atomic E-state index is 12.9. The van der Waals surface area contributed by atoms with E-state index in [1.807, 2.05) is 25.1 Å². The summed E-state index contributed by atoms with van der Waals surface area (Å²) in [5.41, 5.74) is 1.53. The Bertz CT molecular complexity index is 1190. The van der Waals surface area contributed by atoms with Gasteiger partial charge in [0.15, 0.2) is 11.5 Å². The summed E-state index contributed by atoms with van der Waals surface area (Å²) in [6, 6.07) is 17.7. The molecule has 3 aromatic rings. The highest BCUT2D eigenvalue weighted by atomic mass is 32.2. The summed E-state index contributed by atoms with van der Waals surface area (Å²) >= 11 is 1.38. The molecule has 4 rings (SSSR count). The monoisotopic (exact) mass is 480 g/mol. The van der Waals surface area contributed by atoms with E-state index in [1.54, 1.807) is 42.5 Å². The quantitative estimate of drug-likeness (QED) is 0.447. The molecule has 1 atom stereocenters. The molecule has 1 heterocycles. The number of rotatable bonds is 8. The number of anilines is 2. The molecule has 0 aliphatic carbocycles. The second kappa shape index (κ2) is 10.4. The number of thioether (sulfide) groups is 1. The van der Waals surface area contributed by atoms with Crippen molar-refractivity contribution in [2.45, 2.75) is 17.1 Å². The number of hydrogen-bond acceptors (Lipinski definition) is 7. The minimum atomic E-state index is -0.384. The zero-order valence-electron chi connectivity index (χ0n) is 18.9. The van der Waals surface area contributed by atoms with Crippen LogP contribution in [0.25, 0.3) is 0 Å². The number of ether oxygens (including phenoxy) is 4. The Hall–Kier alpha value is -3.85. The van der Waals surface area contributed by atoms with Crippen LogP contribution in [-0.2, 0) is 4.79 Å². The molecule has 0 saturated heterocycles. The van der Waals surface area contributed by atoms with Crippen molar-refractivity contribution in [2.24, 2.45) is 0 Å². The van der Waals surface area contributed by atoms with Crippen molar-refractivity contribution >= 4 is 35.0 Å². The van der Waals surface area contributed by atoms with Gasteiger partial charge in [-0.3, -0.25) is 9.59 Å². The molecule has 176 valence electrons. The van der Waals surface area contributed by atoms with E-state index in [-0.39, 0.29) is 23.9 Å². The molecule has 2 amide bonds. The lowest BCUT2D eigenvalue weighted by Gasteiger charge is -2.15. The van der Waals surface area contributed by atoms with Crippen molar-refractivity contribution in [3.63, 3.8) is 0 Å². The van der Waals surface area contributed by atoms with Crippen molar-refractivity contribution in [3.8, 4) is 23.0 Å². The van der Waals surface area contributed by atoms with Crippen molar-refractivity contribution in [1.82, 2.24) is 0 Å². The predicted molar refractivity (Wildman–Crippen MR) is 130 cm³/mol. The van der Waals surface area contributed by atoms with Gasteiger partial charge in [0.05, 0.1) is 19.5 Å². The summed E-state index contributed by atoms with van der Waals surface area (Å²) in [4.78, 5) is 26.5. The molecule has 0 aromatic heterocycles. The van der Waals surface area contributed by atoms with Crippen LogP contribution in [0.4, 0.5) is 11.4 Å². The van der Waals surface area contributed by atoms with Gasteiger partial charge in [-0.25, -0.2) is 0 Å². The number of carbonyl (C=O) groups is 2. The Balaban J connectivity index is 1.41. The van der Waals surface area contributed by atoms with Gasteiger partial charge in [-0.1, -0.05) is 12.1 Å². The third-order valence-electron chi connectivity index (χ3n) is 5.07. The summed E-state index contributed by atoms with van der Waals surface area (Å²) in [5.74, 6) is 1.58. The predicted octanol–water partition coefficient (Wildman–Crippen LogP) is 4.80. The molecular weight excluding hydrogens is 456 g/mol. The highest BCUT2D eigenvalue weighted by molar-refractivity contribution is 8.00. The fourth-order valence-corrected chi connectivity index (χ4v) is 4.32. The second-order valence-corrected chi connectivity index (χ2v) is 8.75. The summed E-state index contributed by atoms with van der Waals surface area (Å²) in [6.07, 6.45) is 0. The molecule has 9 heteroatoms. The molecule has 34 heavy (non-hydrogen) atoms. The third kappa shape index (κ3) is 5.20. The van der Waals surface area contributed by atoms with Gasteiger partial charge in [0.2, 0.25) is 12.7 Å².